The number of methoxy groups -OCH3 is 1. The maximum Gasteiger partial charge on any atom is 0.305 e. The average Bonchev–Trinajstić information content (AvgIpc) is 2.72. The summed E-state index contributed by atoms with van der Waals surface area (Å²) in [5.41, 5.74) is -0.778. The topological polar surface area (TPSA) is 131 Å². The highest BCUT2D eigenvalue weighted by molar-refractivity contribution is 8.13. The Hall–Kier alpha value is -1.43. The van der Waals surface area contributed by atoms with E-state index in [1.807, 2.05) is 0 Å². The highest BCUT2D eigenvalue weighted by atomic mass is 32.2. The van der Waals surface area contributed by atoms with Crippen molar-refractivity contribution in [3.05, 3.63) is 0 Å². The van der Waals surface area contributed by atoms with Gasteiger partial charge in [-0.2, -0.15) is 0 Å². The standard InChI is InChI=1S/C22H42N2O7SSi/c1-21(2,3)33(7,8)31-15-22(4,5)19(28)20(29)24-12-11-16(25)23-13-14-32-18(27)10-9-17(26)30-6/h19,28H,9-15H2,1-8H3,(H,23,25)(H,24,29)/t19-/m0/s1. The van der Waals surface area contributed by atoms with E-state index in [9.17, 15) is 24.3 Å². The molecule has 2 amide bonds. The summed E-state index contributed by atoms with van der Waals surface area (Å²) in [6.45, 7) is 14.8. The fraction of sp³-hybridized carbons (Fsp3) is 0.818. The number of hydrogen-bond acceptors (Lipinski definition) is 8. The third-order valence-electron chi connectivity index (χ3n) is 5.70. The molecule has 0 aromatic heterocycles. The third kappa shape index (κ3) is 12.6. The summed E-state index contributed by atoms with van der Waals surface area (Å²) in [5, 5.41) is 15.6. The Balaban J connectivity index is 4.22. The van der Waals surface area contributed by atoms with E-state index in [2.05, 4.69) is 49.2 Å². The molecule has 0 spiro atoms. The Morgan fingerprint density at radius 3 is 2.12 bits per heavy atom. The molecule has 0 fully saturated rings. The number of carbonyl (C=O) groups is 4. The normalized spacial score (nSPS) is 13.2. The van der Waals surface area contributed by atoms with Crippen LogP contribution in [-0.2, 0) is 28.3 Å². The minimum atomic E-state index is -2.01. The van der Waals surface area contributed by atoms with Crippen molar-refractivity contribution in [3.8, 4) is 0 Å². The van der Waals surface area contributed by atoms with Crippen molar-refractivity contribution in [2.75, 3.05) is 32.6 Å². The molecule has 0 aliphatic carbocycles. The van der Waals surface area contributed by atoms with Crippen molar-refractivity contribution in [2.24, 2.45) is 5.41 Å². The van der Waals surface area contributed by atoms with Gasteiger partial charge in [0.1, 0.15) is 6.10 Å². The van der Waals surface area contributed by atoms with Gasteiger partial charge in [0.2, 0.25) is 11.8 Å². The molecule has 0 aromatic rings. The Bertz CT molecular complexity index is 678. The lowest BCUT2D eigenvalue weighted by molar-refractivity contribution is -0.141. The molecular formula is C22H42N2O7SSi. The number of nitrogens with one attached hydrogen (secondary N) is 2. The molecule has 1 atom stereocenters. The molecule has 0 unspecified atom stereocenters. The van der Waals surface area contributed by atoms with Crippen molar-refractivity contribution >= 4 is 43.0 Å². The monoisotopic (exact) mass is 506 g/mol. The summed E-state index contributed by atoms with van der Waals surface area (Å²) in [5.74, 6) is -0.860. The van der Waals surface area contributed by atoms with Gasteiger partial charge in [-0.3, -0.25) is 19.2 Å². The molecule has 0 aliphatic heterocycles. The Morgan fingerprint density at radius 1 is 0.970 bits per heavy atom. The number of esters is 1. The molecule has 11 heteroatoms. The van der Waals surface area contributed by atoms with Gasteiger partial charge in [0.15, 0.2) is 13.4 Å². The van der Waals surface area contributed by atoms with Crippen molar-refractivity contribution in [3.63, 3.8) is 0 Å². The number of amides is 2. The van der Waals surface area contributed by atoms with Crippen LogP contribution in [-0.4, -0.2) is 75.0 Å². The van der Waals surface area contributed by atoms with E-state index in [-0.39, 0.29) is 48.5 Å². The summed E-state index contributed by atoms with van der Waals surface area (Å²) in [4.78, 5) is 46.9. The van der Waals surface area contributed by atoms with Crippen molar-refractivity contribution in [2.45, 2.75) is 78.1 Å². The van der Waals surface area contributed by atoms with Gasteiger partial charge in [0, 0.05) is 43.7 Å². The SMILES string of the molecule is COC(=O)CCC(=O)SCCNC(=O)CCNC(=O)[C@H](O)C(C)(C)CO[Si](C)(C)C(C)(C)C. The minimum Gasteiger partial charge on any atom is -0.469 e. The number of aliphatic hydroxyl groups excluding tert-OH is 1. The van der Waals surface area contributed by atoms with Crippen molar-refractivity contribution in [1.29, 1.82) is 0 Å². The maximum absolute atomic E-state index is 12.3. The predicted octanol–water partition coefficient (Wildman–Crippen LogP) is 2.23. The van der Waals surface area contributed by atoms with Crippen LogP contribution in [0.1, 0.15) is 53.9 Å². The summed E-state index contributed by atoms with van der Waals surface area (Å²) in [6, 6.07) is 0. The first-order valence-corrected chi connectivity index (χ1v) is 15.0. The summed E-state index contributed by atoms with van der Waals surface area (Å²) >= 11 is 1.04. The molecule has 0 saturated heterocycles. The van der Waals surface area contributed by atoms with E-state index >= 15 is 0 Å². The van der Waals surface area contributed by atoms with E-state index < -0.39 is 31.7 Å². The largest absolute Gasteiger partial charge is 0.469 e. The molecule has 0 aliphatic rings. The van der Waals surface area contributed by atoms with Gasteiger partial charge in [-0.15, -0.1) is 0 Å². The van der Waals surface area contributed by atoms with E-state index in [1.165, 1.54) is 7.11 Å². The number of carbonyl (C=O) groups excluding carboxylic acids is 4. The van der Waals surface area contributed by atoms with E-state index in [4.69, 9.17) is 4.43 Å². The minimum absolute atomic E-state index is 0.0263. The number of aliphatic hydroxyl groups is 1. The molecule has 33 heavy (non-hydrogen) atoms. The summed E-state index contributed by atoms with van der Waals surface area (Å²) in [6.07, 6.45) is -1.07. The lowest BCUT2D eigenvalue weighted by Crippen LogP contribution is -2.50. The molecule has 0 aromatic carbocycles. The first kappa shape index (κ1) is 31.6. The van der Waals surface area contributed by atoms with Gasteiger partial charge >= 0.3 is 5.97 Å². The predicted molar refractivity (Wildman–Crippen MR) is 132 cm³/mol. The molecule has 0 heterocycles. The fourth-order valence-corrected chi connectivity index (χ4v) is 4.08. The Kier molecular flexibility index (Phi) is 13.5. The van der Waals surface area contributed by atoms with Gasteiger partial charge in [-0.25, -0.2) is 0 Å². The molecule has 9 nitrogen and oxygen atoms in total. The lowest BCUT2D eigenvalue weighted by Gasteiger charge is -2.40. The molecule has 0 rings (SSSR count). The van der Waals surface area contributed by atoms with Crippen LogP contribution >= 0.6 is 11.8 Å². The average molecular weight is 507 g/mol. The zero-order valence-corrected chi connectivity index (χ0v) is 23.1. The second-order valence-electron chi connectivity index (χ2n) is 10.1. The third-order valence-corrected chi connectivity index (χ3v) is 11.1. The van der Waals surface area contributed by atoms with E-state index in [1.54, 1.807) is 13.8 Å². The van der Waals surface area contributed by atoms with Crippen LogP contribution in [0.25, 0.3) is 0 Å². The van der Waals surface area contributed by atoms with Crippen LogP contribution in [0.4, 0.5) is 0 Å². The number of hydrogen-bond donors (Lipinski definition) is 3. The highest BCUT2D eigenvalue weighted by Crippen LogP contribution is 2.38. The number of rotatable bonds is 14. The van der Waals surface area contributed by atoms with Crippen molar-refractivity contribution in [1.82, 2.24) is 10.6 Å². The van der Waals surface area contributed by atoms with Gasteiger partial charge in [0.05, 0.1) is 13.5 Å². The molecular weight excluding hydrogens is 464 g/mol. The highest BCUT2D eigenvalue weighted by Gasteiger charge is 2.41. The van der Waals surface area contributed by atoms with Gasteiger partial charge in [0.25, 0.3) is 0 Å². The zero-order chi connectivity index (χ0) is 25.9. The van der Waals surface area contributed by atoms with E-state index in [0.29, 0.717) is 12.3 Å². The van der Waals surface area contributed by atoms with Crippen LogP contribution < -0.4 is 10.6 Å². The summed E-state index contributed by atoms with van der Waals surface area (Å²) in [7, 11) is -0.742. The quantitative estimate of drug-likeness (QED) is 0.186. The molecule has 0 bridgehead atoms. The number of thioether (sulfide) groups is 1. The smallest absolute Gasteiger partial charge is 0.305 e. The first-order chi connectivity index (χ1) is 15.0. The maximum atomic E-state index is 12.3. The Labute approximate surface area is 203 Å². The number of ether oxygens (including phenoxy) is 1. The van der Waals surface area contributed by atoms with Gasteiger partial charge < -0.3 is 24.9 Å². The molecule has 0 saturated carbocycles. The Morgan fingerprint density at radius 2 is 1.58 bits per heavy atom. The first-order valence-electron chi connectivity index (χ1n) is 11.1. The van der Waals surface area contributed by atoms with E-state index in [0.717, 1.165) is 11.8 Å². The lowest BCUT2D eigenvalue weighted by atomic mass is 9.87. The van der Waals surface area contributed by atoms with Crippen LogP contribution in [0.3, 0.4) is 0 Å². The molecule has 0 radical (unpaired) electrons. The van der Waals surface area contributed by atoms with Gasteiger partial charge in [-0.1, -0.05) is 46.4 Å². The van der Waals surface area contributed by atoms with Crippen molar-refractivity contribution < 1.29 is 33.4 Å². The van der Waals surface area contributed by atoms with Gasteiger partial charge in [-0.05, 0) is 18.1 Å². The zero-order valence-electron chi connectivity index (χ0n) is 21.3. The fourth-order valence-electron chi connectivity index (χ4n) is 2.23. The molecule has 192 valence electrons. The van der Waals surface area contributed by atoms with Crippen LogP contribution in [0.15, 0.2) is 0 Å². The van der Waals surface area contributed by atoms with Crippen LogP contribution in [0.5, 0.6) is 0 Å². The summed E-state index contributed by atoms with van der Waals surface area (Å²) < 4.78 is 10.6. The van der Waals surface area contributed by atoms with Crippen LogP contribution in [0, 0.1) is 5.41 Å². The van der Waals surface area contributed by atoms with Crippen LogP contribution in [0.2, 0.25) is 18.1 Å². The second-order valence-corrected chi connectivity index (χ2v) is 16.1. The second kappa shape index (κ2) is 14.1. The molecule has 3 N–H and O–H groups in total.